The van der Waals surface area contributed by atoms with E-state index < -0.39 is 0 Å². The molecule has 3 aromatic rings. The van der Waals surface area contributed by atoms with Gasteiger partial charge in [0.05, 0.1) is 34.2 Å². The van der Waals surface area contributed by atoms with Crippen molar-refractivity contribution >= 4 is 57.6 Å². The SMILES string of the molecule is COc1ccc(N2C(=S)N[C@H](c3ccccn3)[C@@H]2c2ccc(Cl)s2)cc1Cl. The number of aromatic nitrogens is 1. The van der Waals surface area contributed by atoms with Gasteiger partial charge in [-0.2, -0.15) is 0 Å². The summed E-state index contributed by atoms with van der Waals surface area (Å²) in [5.74, 6) is 0.621. The Labute approximate surface area is 176 Å². The Kier molecular flexibility index (Phi) is 5.23. The Morgan fingerprint density at radius 1 is 1.19 bits per heavy atom. The third-order valence-electron chi connectivity index (χ3n) is 4.40. The average Bonchev–Trinajstić information content (AvgIpc) is 3.25. The van der Waals surface area contributed by atoms with Gasteiger partial charge in [0.2, 0.25) is 0 Å². The van der Waals surface area contributed by atoms with Crippen LogP contribution in [0.15, 0.2) is 54.7 Å². The molecular formula is C19H15Cl2N3OS2. The molecule has 1 aliphatic rings. The lowest BCUT2D eigenvalue weighted by Gasteiger charge is -2.27. The summed E-state index contributed by atoms with van der Waals surface area (Å²) in [6, 6.07) is 15.2. The van der Waals surface area contributed by atoms with Crippen LogP contribution in [-0.2, 0) is 0 Å². The number of nitrogens with one attached hydrogen (secondary N) is 1. The molecule has 2 aromatic heterocycles. The minimum absolute atomic E-state index is 0.0886. The van der Waals surface area contributed by atoms with Gasteiger partial charge in [-0.3, -0.25) is 4.98 Å². The maximum Gasteiger partial charge on any atom is 0.174 e. The van der Waals surface area contributed by atoms with Crippen LogP contribution < -0.4 is 15.0 Å². The van der Waals surface area contributed by atoms with E-state index in [1.807, 2.05) is 48.5 Å². The van der Waals surface area contributed by atoms with Crippen molar-refractivity contribution in [1.29, 1.82) is 0 Å². The second-order valence-electron chi connectivity index (χ2n) is 5.96. The predicted octanol–water partition coefficient (Wildman–Crippen LogP) is 5.64. The van der Waals surface area contributed by atoms with Crippen LogP contribution >= 0.6 is 46.8 Å². The summed E-state index contributed by atoms with van der Waals surface area (Å²) in [4.78, 5) is 7.68. The summed E-state index contributed by atoms with van der Waals surface area (Å²) in [7, 11) is 1.59. The van der Waals surface area contributed by atoms with Crippen molar-refractivity contribution in [2.24, 2.45) is 0 Å². The molecule has 0 bridgehead atoms. The van der Waals surface area contributed by atoms with Gasteiger partial charge in [0.25, 0.3) is 0 Å². The smallest absolute Gasteiger partial charge is 0.174 e. The van der Waals surface area contributed by atoms with Crippen molar-refractivity contribution in [1.82, 2.24) is 10.3 Å². The molecule has 138 valence electrons. The number of hydrogen-bond donors (Lipinski definition) is 1. The van der Waals surface area contributed by atoms with Crippen LogP contribution in [0, 0.1) is 0 Å². The molecule has 0 spiro atoms. The Morgan fingerprint density at radius 3 is 2.67 bits per heavy atom. The first-order valence-corrected chi connectivity index (χ1v) is 10.2. The second-order valence-corrected chi connectivity index (χ2v) is 8.50. The number of halogens is 2. The molecule has 4 rings (SSSR count). The van der Waals surface area contributed by atoms with E-state index in [0.29, 0.717) is 15.9 Å². The Hall–Kier alpha value is -1.86. The van der Waals surface area contributed by atoms with E-state index in [1.54, 1.807) is 13.3 Å². The topological polar surface area (TPSA) is 37.4 Å². The molecule has 1 fully saturated rings. The monoisotopic (exact) mass is 435 g/mol. The normalized spacial score (nSPS) is 19.2. The molecule has 27 heavy (non-hydrogen) atoms. The molecule has 2 atom stereocenters. The number of benzene rings is 1. The quantitative estimate of drug-likeness (QED) is 0.536. The van der Waals surface area contributed by atoms with E-state index in [-0.39, 0.29) is 12.1 Å². The maximum absolute atomic E-state index is 6.36. The number of ether oxygens (including phenoxy) is 1. The van der Waals surface area contributed by atoms with E-state index in [4.69, 9.17) is 40.2 Å². The van der Waals surface area contributed by atoms with E-state index >= 15 is 0 Å². The molecule has 1 aromatic carbocycles. The molecule has 0 radical (unpaired) electrons. The number of nitrogens with zero attached hydrogens (tertiary/aromatic N) is 2. The van der Waals surface area contributed by atoms with E-state index in [1.165, 1.54) is 11.3 Å². The van der Waals surface area contributed by atoms with Crippen molar-refractivity contribution in [3.05, 3.63) is 74.7 Å². The molecule has 0 aliphatic carbocycles. The first-order valence-electron chi connectivity index (χ1n) is 8.18. The number of hydrogen-bond acceptors (Lipinski definition) is 4. The van der Waals surface area contributed by atoms with Gasteiger partial charge in [0.1, 0.15) is 5.75 Å². The summed E-state index contributed by atoms with van der Waals surface area (Å²) in [5, 5.41) is 4.55. The summed E-state index contributed by atoms with van der Waals surface area (Å²) >= 11 is 19.8. The Bertz CT molecular complexity index is 980. The van der Waals surface area contributed by atoms with Gasteiger partial charge < -0.3 is 15.0 Å². The van der Waals surface area contributed by atoms with Crippen molar-refractivity contribution in [3.63, 3.8) is 0 Å². The number of rotatable bonds is 4. The lowest BCUT2D eigenvalue weighted by atomic mass is 10.0. The molecule has 0 saturated carbocycles. The predicted molar refractivity (Wildman–Crippen MR) is 115 cm³/mol. The van der Waals surface area contributed by atoms with Crippen LogP contribution in [0.4, 0.5) is 5.69 Å². The van der Waals surface area contributed by atoms with Crippen LogP contribution in [0.25, 0.3) is 0 Å². The molecule has 3 heterocycles. The molecule has 8 heteroatoms. The zero-order valence-corrected chi connectivity index (χ0v) is 17.4. The van der Waals surface area contributed by atoms with Gasteiger partial charge >= 0.3 is 0 Å². The number of anilines is 1. The minimum atomic E-state index is -0.103. The number of thiophene rings is 1. The third kappa shape index (κ3) is 3.50. The third-order valence-corrected chi connectivity index (χ3v) is 6.31. The van der Waals surface area contributed by atoms with E-state index in [2.05, 4.69) is 15.2 Å². The zero-order chi connectivity index (χ0) is 19.0. The second kappa shape index (κ2) is 7.64. The highest BCUT2D eigenvalue weighted by molar-refractivity contribution is 7.80. The van der Waals surface area contributed by atoms with Gasteiger partial charge in [-0.05, 0) is 54.7 Å². The highest BCUT2D eigenvalue weighted by Crippen LogP contribution is 2.45. The summed E-state index contributed by atoms with van der Waals surface area (Å²) < 4.78 is 6.00. The summed E-state index contributed by atoms with van der Waals surface area (Å²) in [6.07, 6.45) is 1.78. The van der Waals surface area contributed by atoms with Gasteiger partial charge in [-0.15, -0.1) is 11.3 Å². The highest BCUT2D eigenvalue weighted by Gasteiger charge is 2.41. The molecule has 1 aliphatic heterocycles. The van der Waals surface area contributed by atoms with E-state index in [9.17, 15) is 0 Å². The van der Waals surface area contributed by atoms with Gasteiger partial charge in [-0.25, -0.2) is 0 Å². The lowest BCUT2D eigenvalue weighted by Crippen LogP contribution is -2.29. The average molecular weight is 436 g/mol. The molecule has 4 nitrogen and oxygen atoms in total. The highest BCUT2D eigenvalue weighted by atomic mass is 35.5. The van der Waals surface area contributed by atoms with Crippen LogP contribution in [0.2, 0.25) is 9.36 Å². The summed E-state index contributed by atoms with van der Waals surface area (Å²) in [5.41, 5.74) is 1.79. The Morgan fingerprint density at radius 2 is 2.04 bits per heavy atom. The standard InChI is InChI=1S/C19H15Cl2N3OS2/c1-25-14-6-5-11(10-12(14)20)24-18(15-7-8-16(21)27-15)17(23-19(24)26)13-4-2-3-9-22-13/h2-10,17-18H,1H3,(H,23,26)/t17-,18+/m1/s1. The minimum Gasteiger partial charge on any atom is -0.495 e. The molecule has 0 unspecified atom stereocenters. The van der Waals surface area contributed by atoms with Crippen molar-refractivity contribution in [3.8, 4) is 5.75 Å². The fourth-order valence-corrected chi connectivity index (χ4v) is 5.00. The fraction of sp³-hybridized carbons (Fsp3) is 0.158. The number of thiocarbonyl (C=S) groups is 1. The molecule has 1 saturated heterocycles. The zero-order valence-electron chi connectivity index (χ0n) is 14.2. The molecule has 0 amide bonds. The fourth-order valence-electron chi connectivity index (χ4n) is 3.21. The van der Waals surface area contributed by atoms with Gasteiger partial charge in [0, 0.05) is 16.8 Å². The lowest BCUT2D eigenvalue weighted by molar-refractivity contribution is 0.415. The van der Waals surface area contributed by atoms with E-state index in [0.717, 1.165) is 20.6 Å². The number of pyridine rings is 1. The first-order chi connectivity index (χ1) is 13.1. The first kappa shape index (κ1) is 18.5. The van der Waals surface area contributed by atoms with Crippen LogP contribution in [0.5, 0.6) is 5.75 Å². The van der Waals surface area contributed by atoms with Crippen LogP contribution in [0.1, 0.15) is 22.7 Å². The van der Waals surface area contributed by atoms with Crippen molar-refractivity contribution in [2.75, 3.05) is 12.0 Å². The van der Waals surface area contributed by atoms with Gasteiger partial charge in [0.15, 0.2) is 5.11 Å². The molecular weight excluding hydrogens is 421 g/mol. The van der Waals surface area contributed by atoms with Crippen LogP contribution in [-0.4, -0.2) is 17.2 Å². The number of methoxy groups -OCH3 is 1. The largest absolute Gasteiger partial charge is 0.495 e. The Balaban J connectivity index is 1.81. The van der Waals surface area contributed by atoms with Gasteiger partial charge in [-0.1, -0.05) is 29.3 Å². The molecule has 1 N–H and O–H groups in total. The van der Waals surface area contributed by atoms with Crippen molar-refractivity contribution in [2.45, 2.75) is 12.1 Å². The maximum atomic E-state index is 6.36. The van der Waals surface area contributed by atoms with Crippen molar-refractivity contribution < 1.29 is 4.74 Å². The van der Waals surface area contributed by atoms with Crippen LogP contribution in [0.3, 0.4) is 0 Å². The summed E-state index contributed by atoms with van der Waals surface area (Å²) in [6.45, 7) is 0.